The Balaban J connectivity index is 1.74. The molecule has 7 heteroatoms. The van der Waals surface area contributed by atoms with E-state index in [1.54, 1.807) is 4.90 Å². The molecule has 2 aliphatic rings. The molecule has 0 spiro atoms. The minimum Gasteiger partial charge on any atom is -0.382 e. The second-order valence-corrected chi connectivity index (χ2v) is 5.95. The molecule has 0 radical (unpaired) electrons. The van der Waals surface area contributed by atoms with Gasteiger partial charge in [0.05, 0.1) is 0 Å². The largest absolute Gasteiger partial charge is 0.382 e. The highest BCUT2D eigenvalue weighted by atomic mass is 32.1. The third-order valence-corrected chi connectivity index (χ3v) is 4.25. The second kappa shape index (κ2) is 4.40. The van der Waals surface area contributed by atoms with E-state index in [4.69, 9.17) is 11.5 Å². The molecule has 3 rings (SSSR count). The molecule has 0 aromatic carbocycles. The SMILES string of the molecule is Nc1nc(NC2CC2)sc1C(=O)N1CCC(N)C1. The normalized spacial score (nSPS) is 23.4. The van der Waals surface area contributed by atoms with E-state index in [0.717, 1.165) is 11.6 Å². The minimum atomic E-state index is -0.0400. The zero-order chi connectivity index (χ0) is 12.7. The van der Waals surface area contributed by atoms with Crippen molar-refractivity contribution in [1.29, 1.82) is 0 Å². The van der Waals surface area contributed by atoms with E-state index < -0.39 is 0 Å². The number of nitrogens with zero attached hydrogens (tertiary/aromatic N) is 2. The number of carbonyl (C=O) groups is 1. The Hall–Kier alpha value is -1.34. The average molecular weight is 267 g/mol. The summed E-state index contributed by atoms with van der Waals surface area (Å²) in [6.07, 6.45) is 3.20. The van der Waals surface area contributed by atoms with Crippen LogP contribution in [0.25, 0.3) is 0 Å². The highest BCUT2D eigenvalue weighted by Gasteiger charge is 2.29. The number of thiazole rings is 1. The number of aromatic nitrogens is 1. The highest BCUT2D eigenvalue weighted by molar-refractivity contribution is 7.18. The van der Waals surface area contributed by atoms with Gasteiger partial charge in [0, 0.05) is 25.2 Å². The van der Waals surface area contributed by atoms with Gasteiger partial charge in [-0.2, -0.15) is 0 Å². The van der Waals surface area contributed by atoms with Crippen molar-refractivity contribution in [2.75, 3.05) is 24.1 Å². The summed E-state index contributed by atoms with van der Waals surface area (Å²) < 4.78 is 0. The van der Waals surface area contributed by atoms with Gasteiger partial charge in [0.2, 0.25) is 0 Å². The molecule has 0 bridgehead atoms. The van der Waals surface area contributed by atoms with E-state index in [9.17, 15) is 4.79 Å². The molecule has 1 aliphatic heterocycles. The van der Waals surface area contributed by atoms with Gasteiger partial charge < -0.3 is 21.7 Å². The second-order valence-electron chi connectivity index (χ2n) is 4.95. The van der Waals surface area contributed by atoms with Crippen molar-refractivity contribution in [2.45, 2.75) is 31.3 Å². The first kappa shape index (κ1) is 11.7. The first-order valence-electron chi connectivity index (χ1n) is 6.21. The van der Waals surface area contributed by atoms with Crippen molar-refractivity contribution in [1.82, 2.24) is 9.88 Å². The average Bonchev–Trinajstić information content (AvgIpc) is 2.91. The molecule has 1 amide bonds. The maximum absolute atomic E-state index is 12.3. The Morgan fingerprint density at radius 1 is 1.44 bits per heavy atom. The molecular formula is C11H17N5OS. The first-order chi connectivity index (χ1) is 8.63. The molecule has 6 nitrogen and oxygen atoms in total. The van der Waals surface area contributed by atoms with Gasteiger partial charge in [0.25, 0.3) is 5.91 Å². The molecule has 2 heterocycles. The molecule has 2 fully saturated rings. The maximum Gasteiger partial charge on any atom is 0.267 e. The minimum absolute atomic E-state index is 0.0400. The third kappa shape index (κ3) is 2.28. The number of likely N-dealkylation sites (tertiary alicyclic amines) is 1. The Morgan fingerprint density at radius 2 is 2.22 bits per heavy atom. The summed E-state index contributed by atoms with van der Waals surface area (Å²) in [5.41, 5.74) is 11.6. The standard InChI is InChI=1S/C11H17N5OS/c12-6-3-4-16(5-6)10(17)8-9(13)15-11(18-8)14-7-1-2-7/h6-7H,1-5,12-13H2,(H,14,15). The number of amides is 1. The predicted molar refractivity (Wildman–Crippen MR) is 71.7 cm³/mol. The summed E-state index contributed by atoms with van der Waals surface area (Å²) in [6, 6.07) is 0.603. The van der Waals surface area contributed by atoms with Gasteiger partial charge in [-0.05, 0) is 19.3 Å². The van der Waals surface area contributed by atoms with Gasteiger partial charge in [-0.3, -0.25) is 4.79 Å². The van der Waals surface area contributed by atoms with E-state index in [-0.39, 0.29) is 11.9 Å². The first-order valence-corrected chi connectivity index (χ1v) is 7.03. The van der Waals surface area contributed by atoms with Gasteiger partial charge in [-0.1, -0.05) is 11.3 Å². The quantitative estimate of drug-likeness (QED) is 0.739. The summed E-state index contributed by atoms with van der Waals surface area (Å²) >= 11 is 1.34. The lowest BCUT2D eigenvalue weighted by Crippen LogP contribution is -2.31. The van der Waals surface area contributed by atoms with Crippen LogP contribution in [0, 0.1) is 0 Å². The van der Waals surface area contributed by atoms with Crippen LogP contribution in [0.15, 0.2) is 0 Å². The highest BCUT2D eigenvalue weighted by Crippen LogP contribution is 2.31. The molecule has 5 N–H and O–H groups in total. The molecule has 1 saturated heterocycles. The lowest BCUT2D eigenvalue weighted by Gasteiger charge is -2.14. The van der Waals surface area contributed by atoms with Crippen molar-refractivity contribution >= 4 is 28.2 Å². The topological polar surface area (TPSA) is 97.3 Å². The number of carbonyl (C=O) groups excluding carboxylic acids is 1. The van der Waals surface area contributed by atoms with Crippen LogP contribution in [-0.2, 0) is 0 Å². The van der Waals surface area contributed by atoms with Crippen LogP contribution < -0.4 is 16.8 Å². The van der Waals surface area contributed by atoms with Gasteiger partial charge in [-0.25, -0.2) is 4.98 Å². The zero-order valence-corrected chi connectivity index (χ0v) is 10.9. The lowest BCUT2D eigenvalue weighted by atomic mass is 10.3. The molecule has 1 aliphatic carbocycles. The molecule has 1 saturated carbocycles. The number of hydrogen-bond acceptors (Lipinski definition) is 6. The summed E-state index contributed by atoms with van der Waals surface area (Å²) in [5, 5.41) is 4.01. The number of nitrogens with two attached hydrogens (primary N) is 2. The summed E-state index contributed by atoms with van der Waals surface area (Å²) in [4.78, 5) is 18.8. The van der Waals surface area contributed by atoms with E-state index in [0.29, 0.717) is 29.8 Å². The maximum atomic E-state index is 12.3. The van der Waals surface area contributed by atoms with Gasteiger partial charge in [0.15, 0.2) is 5.13 Å². The Kier molecular flexibility index (Phi) is 2.87. The number of hydrogen-bond donors (Lipinski definition) is 3. The fraction of sp³-hybridized carbons (Fsp3) is 0.636. The van der Waals surface area contributed by atoms with E-state index in [1.807, 2.05) is 0 Å². The Labute approximate surface area is 109 Å². The van der Waals surface area contributed by atoms with Crippen LogP contribution in [0.3, 0.4) is 0 Å². The monoisotopic (exact) mass is 267 g/mol. The Bertz CT molecular complexity index is 470. The molecule has 1 atom stereocenters. The lowest BCUT2D eigenvalue weighted by molar-refractivity contribution is 0.0796. The van der Waals surface area contributed by atoms with Crippen molar-refractivity contribution in [2.24, 2.45) is 5.73 Å². The molecular weight excluding hydrogens is 250 g/mol. The van der Waals surface area contributed by atoms with Crippen LogP contribution in [0.1, 0.15) is 28.9 Å². The van der Waals surface area contributed by atoms with E-state index in [1.165, 1.54) is 24.2 Å². The molecule has 1 unspecified atom stereocenters. The van der Waals surface area contributed by atoms with Crippen molar-refractivity contribution < 1.29 is 4.79 Å². The van der Waals surface area contributed by atoms with Crippen LogP contribution in [0.2, 0.25) is 0 Å². The zero-order valence-electron chi connectivity index (χ0n) is 10.1. The summed E-state index contributed by atoms with van der Waals surface area (Å²) in [5.74, 6) is 0.287. The van der Waals surface area contributed by atoms with Crippen LogP contribution in [0.4, 0.5) is 10.9 Å². The van der Waals surface area contributed by atoms with Crippen LogP contribution >= 0.6 is 11.3 Å². The number of nitrogens with one attached hydrogen (secondary N) is 1. The fourth-order valence-electron chi connectivity index (χ4n) is 2.06. The van der Waals surface area contributed by atoms with Gasteiger partial charge in [-0.15, -0.1) is 0 Å². The van der Waals surface area contributed by atoms with E-state index >= 15 is 0 Å². The van der Waals surface area contributed by atoms with Gasteiger partial charge >= 0.3 is 0 Å². The smallest absolute Gasteiger partial charge is 0.267 e. The number of nitrogen functional groups attached to an aromatic ring is 1. The molecule has 1 aromatic heterocycles. The van der Waals surface area contributed by atoms with Crippen molar-refractivity contribution in [3.63, 3.8) is 0 Å². The van der Waals surface area contributed by atoms with Crippen molar-refractivity contribution in [3.05, 3.63) is 4.88 Å². The van der Waals surface area contributed by atoms with Crippen molar-refractivity contribution in [3.8, 4) is 0 Å². The summed E-state index contributed by atoms with van der Waals surface area (Å²) in [7, 11) is 0. The Morgan fingerprint density at radius 3 is 2.83 bits per heavy atom. The van der Waals surface area contributed by atoms with E-state index in [2.05, 4.69) is 10.3 Å². The van der Waals surface area contributed by atoms with Crippen LogP contribution in [-0.4, -0.2) is 41.0 Å². The van der Waals surface area contributed by atoms with Crippen LogP contribution in [0.5, 0.6) is 0 Å². The summed E-state index contributed by atoms with van der Waals surface area (Å²) in [6.45, 7) is 1.32. The predicted octanol–water partition coefficient (Wildman–Crippen LogP) is 0.473. The molecule has 98 valence electrons. The number of rotatable bonds is 3. The molecule has 1 aromatic rings. The third-order valence-electron chi connectivity index (χ3n) is 3.26. The fourth-order valence-corrected chi connectivity index (χ4v) is 2.99. The van der Waals surface area contributed by atoms with Gasteiger partial charge in [0.1, 0.15) is 10.7 Å². The molecule has 18 heavy (non-hydrogen) atoms. The number of anilines is 2.